The molecule has 0 aliphatic heterocycles. The zero-order valence-electron chi connectivity index (χ0n) is 11.9. The van der Waals surface area contributed by atoms with Crippen molar-refractivity contribution in [2.75, 3.05) is 5.32 Å². The van der Waals surface area contributed by atoms with E-state index in [0.29, 0.717) is 6.54 Å². The van der Waals surface area contributed by atoms with Gasteiger partial charge in [-0.15, -0.1) is 0 Å². The van der Waals surface area contributed by atoms with Gasteiger partial charge >= 0.3 is 0 Å². The molecule has 0 fully saturated rings. The Morgan fingerprint density at radius 2 is 2.14 bits per heavy atom. The molecule has 2 rings (SSSR count). The minimum atomic E-state index is -0.501. The fourth-order valence-electron chi connectivity index (χ4n) is 1.92. The van der Waals surface area contributed by atoms with Crippen LogP contribution in [0.1, 0.15) is 17.5 Å². The van der Waals surface area contributed by atoms with Gasteiger partial charge in [0.15, 0.2) is 0 Å². The fourth-order valence-corrected chi connectivity index (χ4v) is 1.92. The van der Waals surface area contributed by atoms with Crippen molar-refractivity contribution in [2.45, 2.75) is 26.8 Å². The zero-order valence-corrected chi connectivity index (χ0v) is 11.9. The summed E-state index contributed by atoms with van der Waals surface area (Å²) >= 11 is 0. The van der Waals surface area contributed by atoms with Crippen LogP contribution in [0.15, 0.2) is 30.6 Å². The van der Waals surface area contributed by atoms with E-state index in [2.05, 4.69) is 10.4 Å². The van der Waals surface area contributed by atoms with E-state index in [1.54, 1.807) is 29.9 Å². The van der Waals surface area contributed by atoms with Crippen molar-refractivity contribution in [2.24, 2.45) is 0 Å². The number of hydrogen-bond acceptors (Lipinski definition) is 4. The van der Waals surface area contributed by atoms with Crippen molar-refractivity contribution in [3.8, 4) is 0 Å². The largest absolute Gasteiger partial charge is 0.320 e. The Labute approximate surface area is 121 Å². The highest BCUT2D eigenvalue weighted by Gasteiger charge is 2.15. The van der Waals surface area contributed by atoms with E-state index in [1.807, 2.05) is 13.1 Å². The van der Waals surface area contributed by atoms with E-state index in [-0.39, 0.29) is 23.7 Å². The molecule has 2 aromatic rings. The molecule has 0 bridgehead atoms. The number of carbonyl (C=O) groups excluding carboxylic acids is 1. The predicted molar refractivity (Wildman–Crippen MR) is 78.0 cm³/mol. The van der Waals surface area contributed by atoms with Gasteiger partial charge in [-0.3, -0.25) is 19.6 Å². The minimum absolute atomic E-state index is 0.0988. The van der Waals surface area contributed by atoms with E-state index in [0.717, 1.165) is 11.1 Å². The Hall–Kier alpha value is -2.70. The van der Waals surface area contributed by atoms with Crippen LogP contribution in [0, 0.1) is 24.0 Å². The number of aryl methyl sites for hydroxylation is 3. The van der Waals surface area contributed by atoms with Crippen molar-refractivity contribution >= 4 is 17.3 Å². The van der Waals surface area contributed by atoms with E-state index in [9.17, 15) is 14.9 Å². The smallest absolute Gasteiger partial charge is 0.293 e. The van der Waals surface area contributed by atoms with Gasteiger partial charge in [-0.05, 0) is 31.0 Å². The number of carbonyl (C=O) groups is 1. The van der Waals surface area contributed by atoms with Gasteiger partial charge in [0.2, 0.25) is 5.91 Å². The molecule has 0 aliphatic carbocycles. The average molecular weight is 288 g/mol. The molecule has 0 unspecified atom stereocenters. The molecular formula is C14H16N4O3. The molecule has 0 saturated heterocycles. The van der Waals surface area contributed by atoms with Crippen LogP contribution in [0.3, 0.4) is 0 Å². The number of nitro groups is 1. The molecule has 21 heavy (non-hydrogen) atoms. The highest BCUT2D eigenvalue weighted by molar-refractivity contribution is 5.93. The molecule has 1 aromatic heterocycles. The van der Waals surface area contributed by atoms with Gasteiger partial charge in [0, 0.05) is 25.2 Å². The van der Waals surface area contributed by atoms with E-state index in [1.165, 1.54) is 6.07 Å². The molecule has 1 amide bonds. The number of aromatic nitrogens is 2. The van der Waals surface area contributed by atoms with Crippen molar-refractivity contribution < 1.29 is 9.72 Å². The van der Waals surface area contributed by atoms with Crippen LogP contribution in [0.25, 0.3) is 0 Å². The zero-order chi connectivity index (χ0) is 15.4. The Kier molecular flexibility index (Phi) is 4.32. The molecule has 0 aliphatic rings. The average Bonchev–Trinajstić information content (AvgIpc) is 2.84. The normalized spacial score (nSPS) is 10.4. The number of nitrogens with zero attached hydrogens (tertiary/aromatic N) is 3. The summed E-state index contributed by atoms with van der Waals surface area (Å²) in [5.74, 6) is -0.282. The molecule has 0 spiro atoms. The van der Waals surface area contributed by atoms with Crippen molar-refractivity contribution in [1.29, 1.82) is 0 Å². The summed E-state index contributed by atoms with van der Waals surface area (Å²) in [4.78, 5) is 22.4. The number of amides is 1. The third kappa shape index (κ3) is 3.88. The molecule has 1 heterocycles. The Morgan fingerprint density at radius 1 is 1.38 bits per heavy atom. The molecule has 0 atom stereocenters. The SMILES string of the molecule is Cc1ccc(NC(=O)CCn2cc(C)cn2)c([N+](=O)[O-])c1. The molecule has 0 radical (unpaired) electrons. The first kappa shape index (κ1) is 14.7. The first-order valence-electron chi connectivity index (χ1n) is 6.49. The topological polar surface area (TPSA) is 90.1 Å². The number of hydrogen-bond donors (Lipinski definition) is 1. The van der Waals surface area contributed by atoms with Crippen LogP contribution in [0.4, 0.5) is 11.4 Å². The first-order chi connectivity index (χ1) is 9.95. The fraction of sp³-hybridized carbons (Fsp3) is 0.286. The molecule has 110 valence electrons. The summed E-state index contributed by atoms with van der Waals surface area (Å²) in [6.07, 6.45) is 3.75. The Balaban J connectivity index is 2.01. The van der Waals surface area contributed by atoms with Crippen LogP contribution in [-0.2, 0) is 11.3 Å². The van der Waals surface area contributed by atoms with E-state index in [4.69, 9.17) is 0 Å². The van der Waals surface area contributed by atoms with Gasteiger partial charge in [0.25, 0.3) is 5.69 Å². The maximum Gasteiger partial charge on any atom is 0.293 e. The van der Waals surface area contributed by atoms with Crippen molar-refractivity contribution in [3.05, 3.63) is 51.8 Å². The van der Waals surface area contributed by atoms with Crippen molar-refractivity contribution in [1.82, 2.24) is 9.78 Å². The summed E-state index contributed by atoms with van der Waals surface area (Å²) in [5.41, 5.74) is 1.90. The van der Waals surface area contributed by atoms with E-state index < -0.39 is 4.92 Å². The number of benzene rings is 1. The second-order valence-corrected chi connectivity index (χ2v) is 4.86. The summed E-state index contributed by atoms with van der Waals surface area (Å²) in [6.45, 7) is 4.11. The third-order valence-corrected chi connectivity index (χ3v) is 2.95. The van der Waals surface area contributed by atoms with Gasteiger partial charge in [0.05, 0.1) is 11.1 Å². The first-order valence-corrected chi connectivity index (χ1v) is 6.49. The number of nitro benzene ring substituents is 1. The monoisotopic (exact) mass is 288 g/mol. The molecule has 0 saturated carbocycles. The lowest BCUT2D eigenvalue weighted by molar-refractivity contribution is -0.384. The van der Waals surface area contributed by atoms with Crippen LogP contribution in [0.2, 0.25) is 0 Å². The maximum absolute atomic E-state index is 11.9. The quantitative estimate of drug-likeness (QED) is 0.675. The number of anilines is 1. The minimum Gasteiger partial charge on any atom is -0.320 e. The lowest BCUT2D eigenvalue weighted by atomic mass is 10.2. The maximum atomic E-state index is 11.9. The standard InChI is InChI=1S/C14H16N4O3/c1-10-3-4-12(13(7-10)18(20)21)16-14(19)5-6-17-9-11(2)8-15-17/h3-4,7-9H,5-6H2,1-2H3,(H,16,19). The van der Waals surface area contributed by atoms with Crippen molar-refractivity contribution in [3.63, 3.8) is 0 Å². The Bertz CT molecular complexity index is 679. The third-order valence-electron chi connectivity index (χ3n) is 2.95. The second-order valence-electron chi connectivity index (χ2n) is 4.86. The highest BCUT2D eigenvalue weighted by atomic mass is 16.6. The summed E-state index contributed by atoms with van der Waals surface area (Å²) in [6, 6.07) is 4.70. The molecule has 1 aromatic carbocycles. The number of nitrogens with one attached hydrogen (secondary N) is 1. The van der Waals surface area contributed by atoms with Crippen LogP contribution in [-0.4, -0.2) is 20.6 Å². The number of rotatable bonds is 5. The van der Waals surface area contributed by atoms with Gasteiger partial charge in [-0.25, -0.2) is 0 Å². The van der Waals surface area contributed by atoms with Crippen LogP contribution >= 0.6 is 0 Å². The highest BCUT2D eigenvalue weighted by Crippen LogP contribution is 2.25. The van der Waals surface area contributed by atoms with Gasteiger partial charge in [-0.2, -0.15) is 5.10 Å². The van der Waals surface area contributed by atoms with Crippen LogP contribution < -0.4 is 5.32 Å². The molecule has 7 nitrogen and oxygen atoms in total. The van der Waals surface area contributed by atoms with Gasteiger partial charge in [-0.1, -0.05) is 6.07 Å². The van der Waals surface area contributed by atoms with Crippen LogP contribution in [0.5, 0.6) is 0 Å². The Morgan fingerprint density at radius 3 is 2.76 bits per heavy atom. The summed E-state index contributed by atoms with van der Waals surface area (Å²) in [5, 5.41) is 17.6. The summed E-state index contributed by atoms with van der Waals surface area (Å²) in [7, 11) is 0. The lowest BCUT2D eigenvalue weighted by Gasteiger charge is -2.07. The molecule has 1 N–H and O–H groups in total. The second kappa shape index (κ2) is 6.17. The van der Waals surface area contributed by atoms with Gasteiger partial charge in [0.1, 0.15) is 5.69 Å². The lowest BCUT2D eigenvalue weighted by Crippen LogP contribution is -2.15. The van der Waals surface area contributed by atoms with E-state index >= 15 is 0 Å². The predicted octanol–water partition coefficient (Wildman–Crippen LogP) is 2.44. The van der Waals surface area contributed by atoms with Gasteiger partial charge < -0.3 is 5.32 Å². The summed E-state index contributed by atoms with van der Waals surface area (Å²) < 4.78 is 1.67. The molecule has 7 heteroatoms. The molecular weight excluding hydrogens is 272 g/mol.